The zero-order chi connectivity index (χ0) is 13.4. The zero-order valence-electron chi connectivity index (χ0n) is 11.2. The van der Waals surface area contributed by atoms with Crippen LogP contribution in [0.1, 0.15) is 47.4 Å². The molecule has 0 atom stereocenters. The predicted molar refractivity (Wildman–Crippen MR) is 73.3 cm³/mol. The molecule has 0 radical (unpaired) electrons. The average Bonchev–Trinajstić information content (AvgIpc) is 3.09. The maximum Gasteiger partial charge on any atom is 2.00 e. The molecule has 102 valence electrons. The largest absolute Gasteiger partial charge is 2.00 e. The standard InChI is InChI=1S/2C8H9O.Fe/c2*1-2-8(9)7-5-3-4-6-7;/h2*3-6H,2H2,1H3;/q2*-1;+2. The molecular formula is C16H18FeO2. The number of carbonyl (C=O) groups is 2. The molecule has 0 unspecified atom stereocenters. The molecule has 2 aromatic rings. The zero-order valence-corrected chi connectivity index (χ0v) is 12.3. The molecule has 0 spiro atoms. The van der Waals surface area contributed by atoms with Crippen LogP contribution in [-0.4, -0.2) is 11.6 Å². The molecule has 2 nitrogen and oxygen atoms in total. The molecule has 0 bridgehead atoms. The van der Waals surface area contributed by atoms with Gasteiger partial charge in [-0.15, -0.1) is 23.3 Å². The van der Waals surface area contributed by atoms with Crippen molar-refractivity contribution in [2.24, 2.45) is 0 Å². The van der Waals surface area contributed by atoms with Gasteiger partial charge in [-0.1, -0.05) is 13.8 Å². The maximum atomic E-state index is 10.9. The smallest absolute Gasteiger partial charge is 0.352 e. The number of hydrogen-bond acceptors (Lipinski definition) is 2. The third-order valence-corrected chi connectivity index (χ3v) is 2.61. The molecule has 0 aliphatic carbocycles. The molecule has 0 fully saturated rings. The molecule has 0 saturated carbocycles. The predicted octanol–water partition coefficient (Wildman–Crippen LogP) is 3.99. The monoisotopic (exact) mass is 298 g/mol. The fourth-order valence-electron chi connectivity index (χ4n) is 1.53. The second-order valence-electron chi connectivity index (χ2n) is 3.90. The fraction of sp³-hybridized carbons (Fsp3) is 0.250. The summed E-state index contributed by atoms with van der Waals surface area (Å²) in [6.07, 6.45) is 1.20. The van der Waals surface area contributed by atoms with E-state index in [2.05, 4.69) is 0 Å². The van der Waals surface area contributed by atoms with Gasteiger partial charge in [0.15, 0.2) is 0 Å². The summed E-state index contributed by atoms with van der Waals surface area (Å²) < 4.78 is 0. The average molecular weight is 298 g/mol. The van der Waals surface area contributed by atoms with Crippen molar-refractivity contribution in [2.45, 2.75) is 26.7 Å². The van der Waals surface area contributed by atoms with Gasteiger partial charge in [0.05, 0.1) is 11.6 Å². The summed E-state index contributed by atoms with van der Waals surface area (Å²) >= 11 is 0. The van der Waals surface area contributed by atoms with E-state index < -0.39 is 0 Å². The second-order valence-corrected chi connectivity index (χ2v) is 3.90. The molecule has 0 N–H and O–H groups in total. The van der Waals surface area contributed by atoms with E-state index in [0.717, 1.165) is 11.1 Å². The van der Waals surface area contributed by atoms with Crippen molar-refractivity contribution in [2.75, 3.05) is 0 Å². The van der Waals surface area contributed by atoms with Crippen LogP contribution in [-0.2, 0) is 17.1 Å². The minimum atomic E-state index is 0. The first kappa shape index (κ1) is 17.6. The van der Waals surface area contributed by atoms with E-state index in [1.54, 1.807) is 0 Å². The second kappa shape index (κ2) is 9.48. The van der Waals surface area contributed by atoms with Crippen LogP contribution in [0.2, 0.25) is 0 Å². The third kappa shape index (κ3) is 5.82. The molecule has 3 heteroatoms. The quantitative estimate of drug-likeness (QED) is 0.486. The van der Waals surface area contributed by atoms with Crippen molar-refractivity contribution in [3.05, 3.63) is 59.7 Å². The van der Waals surface area contributed by atoms with Crippen molar-refractivity contribution >= 4 is 11.6 Å². The van der Waals surface area contributed by atoms with Gasteiger partial charge in [-0.05, 0) is 12.8 Å². The van der Waals surface area contributed by atoms with Crippen LogP contribution in [0.3, 0.4) is 0 Å². The first-order valence-corrected chi connectivity index (χ1v) is 6.18. The van der Waals surface area contributed by atoms with Gasteiger partial charge >= 0.3 is 17.1 Å². The number of carbonyl (C=O) groups excluding carboxylic acids is 2. The van der Waals surface area contributed by atoms with Gasteiger partial charge in [0.1, 0.15) is 0 Å². The summed E-state index contributed by atoms with van der Waals surface area (Å²) in [5.41, 5.74) is 1.66. The van der Waals surface area contributed by atoms with E-state index in [1.165, 1.54) is 0 Å². The number of hydrogen-bond donors (Lipinski definition) is 0. The van der Waals surface area contributed by atoms with Gasteiger partial charge in [-0.2, -0.15) is 36.4 Å². The number of ketones is 2. The van der Waals surface area contributed by atoms with Crippen molar-refractivity contribution in [1.29, 1.82) is 0 Å². The number of rotatable bonds is 4. The van der Waals surface area contributed by atoms with Crippen LogP contribution in [0.4, 0.5) is 0 Å². The van der Waals surface area contributed by atoms with Gasteiger partial charge in [0, 0.05) is 0 Å². The Labute approximate surface area is 125 Å². The Kier molecular flexibility index (Phi) is 8.77. The summed E-state index contributed by atoms with van der Waals surface area (Å²) in [5, 5.41) is 0. The van der Waals surface area contributed by atoms with Crippen LogP contribution in [0.15, 0.2) is 48.5 Å². The Hall–Kier alpha value is -1.44. The summed E-state index contributed by atoms with van der Waals surface area (Å²) in [6.45, 7) is 3.74. The van der Waals surface area contributed by atoms with E-state index >= 15 is 0 Å². The van der Waals surface area contributed by atoms with Gasteiger partial charge in [-0.3, -0.25) is 0 Å². The maximum absolute atomic E-state index is 10.9. The Morgan fingerprint density at radius 3 is 1.47 bits per heavy atom. The molecular weight excluding hydrogens is 280 g/mol. The van der Waals surface area contributed by atoms with E-state index in [-0.39, 0.29) is 28.6 Å². The van der Waals surface area contributed by atoms with Crippen molar-refractivity contribution < 1.29 is 26.7 Å². The first-order chi connectivity index (χ1) is 8.69. The van der Waals surface area contributed by atoms with Crippen molar-refractivity contribution in [3.63, 3.8) is 0 Å². The van der Waals surface area contributed by atoms with Crippen LogP contribution >= 0.6 is 0 Å². The Balaban J connectivity index is 0.000000324. The van der Waals surface area contributed by atoms with Gasteiger partial charge < -0.3 is 9.59 Å². The van der Waals surface area contributed by atoms with E-state index in [1.807, 2.05) is 62.4 Å². The van der Waals surface area contributed by atoms with Gasteiger partial charge in [0.2, 0.25) is 0 Å². The molecule has 0 saturated heterocycles. The molecule has 0 aliphatic heterocycles. The topological polar surface area (TPSA) is 34.1 Å². The fourth-order valence-corrected chi connectivity index (χ4v) is 1.53. The molecule has 19 heavy (non-hydrogen) atoms. The van der Waals surface area contributed by atoms with E-state index in [4.69, 9.17) is 0 Å². The van der Waals surface area contributed by atoms with Crippen LogP contribution in [0.25, 0.3) is 0 Å². The summed E-state index contributed by atoms with van der Waals surface area (Å²) in [6, 6.07) is 14.9. The van der Waals surface area contributed by atoms with Gasteiger partial charge in [0.25, 0.3) is 0 Å². The normalized spacial score (nSPS) is 8.95. The van der Waals surface area contributed by atoms with E-state index in [0.29, 0.717) is 12.8 Å². The molecule has 0 heterocycles. The molecule has 0 aliphatic rings. The summed E-state index contributed by atoms with van der Waals surface area (Å²) in [4.78, 5) is 21.7. The Bertz CT molecular complexity index is 421. The van der Waals surface area contributed by atoms with Crippen LogP contribution in [0.5, 0.6) is 0 Å². The first-order valence-electron chi connectivity index (χ1n) is 6.18. The van der Waals surface area contributed by atoms with Crippen molar-refractivity contribution in [1.82, 2.24) is 0 Å². The van der Waals surface area contributed by atoms with Crippen LogP contribution < -0.4 is 0 Å². The van der Waals surface area contributed by atoms with E-state index in [9.17, 15) is 9.59 Å². The van der Waals surface area contributed by atoms with Gasteiger partial charge in [-0.25, -0.2) is 0 Å². The Morgan fingerprint density at radius 1 is 0.895 bits per heavy atom. The minimum Gasteiger partial charge on any atom is -0.352 e. The number of Topliss-reactive ketones (excluding diaryl/α,β-unsaturated/α-hetero) is 2. The molecule has 0 aromatic heterocycles. The SMILES string of the molecule is CCC(=O)c1ccc[cH-]1.CCC(=O)c1ccc[cH-]1.[Fe+2]. The van der Waals surface area contributed by atoms with Crippen LogP contribution in [0, 0.1) is 0 Å². The molecule has 2 rings (SSSR count). The Morgan fingerprint density at radius 2 is 1.26 bits per heavy atom. The van der Waals surface area contributed by atoms with Crippen molar-refractivity contribution in [3.8, 4) is 0 Å². The molecule has 2 aromatic carbocycles. The molecule has 0 amide bonds. The minimum absolute atomic E-state index is 0. The summed E-state index contributed by atoms with van der Waals surface area (Å²) in [5.74, 6) is 0.444. The summed E-state index contributed by atoms with van der Waals surface area (Å²) in [7, 11) is 0. The third-order valence-electron chi connectivity index (χ3n) is 2.61.